The summed E-state index contributed by atoms with van der Waals surface area (Å²) in [7, 11) is 0. The monoisotopic (exact) mass is 373 g/mol. The molecule has 0 aliphatic carbocycles. The highest BCUT2D eigenvalue weighted by Gasteiger charge is 2.10. The molecule has 148 valence electrons. The first-order valence-corrected chi connectivity index (χ1v) is 11.2. The maximum Gasteiger partial charge on any atom is 0.317 e. The van der Waals surface area contributed by atoms with Gasteiger partial charge in [0.15, 0.2) is 5.12 Å². The van der Waals surface area contributed by atoms with Gasteiger partial charge in [-0.3, -0.25) is 14.5 Å². The van der Waals surface area contributed by atoms with E-state index in [-0.39, 0.29) is 11.7 Å². The Bertz CT molecular complexity index is 337. The number of aliphatic carboxylic acids is 1. The predicted molar refractivity (Wildman–Crippen MR) is 108 cm³/mol. The first kappa shape index (κ1) is 24.5. The van der Waals surface area contributed by atoms with Crippen LogP contribution < -0.4 is 0 Å². The summed E-state index contributed by atoms with van der Waals surface area (Å²) in [5.74, 6) is 0.145. The highest BCUT2D eigenvalue weighted by Crippen LogP contribution is 2.12. The fourth-order valence-corrected chi connectivity index (χ4v) is 3.68. The third-order valence-electron chi connectivity index (χ3n) is 4.30. The van der Waals surface area contributed by atoms with E-state index < -0.39 is 5.97 Å². The minimum Gasteiger partial charge on any atom is -0.480 e. The highest BCUT2D eigenvalue weighted by atomic mass is 32.2. The van der Waals surface area contributed by atoms with Crippen LogP contribution in [0.1, 0.15) is 90.9 Å². The molecule has 0 amide bonds. The van der Waals surface area contributed by atoms with E-state index in [2.05, 4.69) is 13.8 Å². The van der Waals surface area contributed by atoms with E-state index in [9.17, 15) is 9.59 Å². The number of carbonyl (C=O) groups excluding carboxylic acids is 1. The van der Waals surface area contributed by atoms with Gasteiger partial charge in [0.2, 0.25) is 0 Å². The van der Waals surface area contributed by atoms with Crippen LogP contribution in [0.15, 0.2) is 0 Å². The lowest BCUT2D eigenvalue weighted by Gasteiger charge is -2.19. The molecule has 0 rings (SSSR count). The maximum absolute atomic E-state index is 11.8. The van der Waals surface area contributed by atoms with Crippen LogP contribution in [0.4, 0.5) is 0 Å². The van der Waals surface area contributed by atoms with Crippen molar-refractivity contribution in [3.05, 3.63) is 0 Å². The molecule has 25 heavy (non-hydrogen) atoms. The Labute approximate surface area is 159 Å². The lowest BCUT2D eigenvalue weighted by atomic mass is 10.1. The van der Waals surface area contributed by atoms with Crippen molar-refractivity contribution in [1.29, 1.82) is 0 Å². The van der Waals surface area contributed by atoms with Crippen LogP contribution in [0.5, 0.6) is 0 Å². The molecule has 0 aromatic carbocycles. The summed E-state index contributed by atoms with van der Waals surface area (Å²) < 4.78 is 0. The smallest absolute Gasteiger partial charge is 0.317 e. The molecule has 0 saturated carbocycles. The summed E-state index contributed by atoms with van der Waals surface area (Å²) in [6.45, 7) is 6.02. The summed E-state index contributed by atoms with van der Waals surface area (Å²) in [5, 5.41) is 9.30. The normalized spacial score (nSPS) is 11.2. The summed E-state index contributed by atoms with van der Waals surface area (Å²) in [4.78, 5) is 24.8. The number of thioether (sulfide) groups is 1. The Morgan fingerprint density at radius 3 is 2.00 bits per heavy atom. The minimum atomic E-state index is -0.775. The van der Waals surface area contributed by atoms with Gasteiger partial charge in [-0.05, 0) is 32.4 Å². The minimum absolute atomic E-state index is 0.0909. The Hall–Kier alpha value is -0.550. The standard InChI is InChI=1S/C20H39NO3S/c1-3-5-7-8-9-10-11-15-21(18-19(22)23)16-13-14-20(24)25-17-12-6-4-2/h3-18H2,1-2H3,(H,22,23). The topological polar surface area (TPSA) is 57.6 Å². The SMILES string of the molecule is CCCCCCCCCN(CCCC(=O)SCCCCC)CC(=O)O. The number of carboxylic acids is 1. The number of hydrogen-bond donors (Lipinski definition) is 1. The van der Waals surface area contributed by atoms with Crippen LogP contribution in [0.3, 0.4) is 0 Å². The van der Waals surface area contributed by atoms with Crippen molar-refractivity contribution in [3.63, 3.8) is 0 Å². The number of hydrogen-bond acceptors (Lipinski definition) is 4. The Morgan fingerprint density at radius 1 is 0.800 bits per heavy atom. The third kappa shape index (κ3) is 18.0. The summed E-state index contributed by atoms with van der Waals surface area (Å²) >= 11 is 1.44. The van der Waals surface area contributed by atoms with Gasteiger partial charge in [0.25, 0.3) is 0 Å². The largest absolute Gasteiger partial charge is 0.480 e. The van der Waals surface area contributed by atoms with Gasteiger partial charge < -0.3 is 5.11 Å². The van der Waals surface area contributed by atoms with Crippen molar-refractivity contribution >= 4 is 22.8 Å². The molecule has 0 atom stereocenters. The fraction of sp³-hybridized carbons (Fsp3) is 0.900. The van der Waals surface area contributed by atoms with Crippen molar-refractivity contribution in [2.75, 3.05) is 25.4 Å². The zero-order valence-electron chi connectivity index (χ0n) is 16.4. The van der Waals surface area contributed by atoms with Gasteiger partial charge in [-0.2, -0.15) is 0 Å². The Balaban J connectivity index is 3.80. The molecule has 0 unspecified atom stereocenters. The number of unbranched alkanes of at least 4 members (excludes halogenated alkanes) is 8. The lowest BCUT2D eigenvalue weighted by molar-refractivity contribution is -0.138. The van der Waals surface area contributed by atoms with Crippen LogP contribution in [-0.2, 0) is 9.59 Å². The van der Waals surface area contributed by atoms with Crippen molar-refractivity contribution in [2.24, 2.45) is 0 Å². The van der Waals surface area contributed by atoms with E-state index >= 15 is 0 Å². The first-order valence-electron chi connectivity index (χ1n) is 10.2. The molecule has 0 aromatic rings. The molecule has 0 radical (unpaired) electrons. The molecule has 0 heterocycles. The second kappa shape index (κ2) is 18.2. The van der Waals surface area contributed by atoms with E-state index in [1.54, 1.807) is 0 Å². The van der Waals surface area contributed by atoms with E-state index in [1.165, 1.54) is 63.1 Å². The van der Waals surface area contributed by atoms with Gasteiger partial charge in [-0.25, -0.2) is 0 Å². The van der Waals surface area contributed by atoms with Crippen LogP contribution in [0.2, 0.25) is 0 Å². The molecule has 0 aliphatic heterocycles. The van der Waals surface area contributed by atoms with Crippen molar-refractivity contribution in [3.8, 4) is 0 Å². The number of rotatable bonds is 18. The quantitative estimate of drug-likeness (QED) is 0.328. The zero-order valence-corrected chi connectivity index (χ0v) is 17.2. The zero-order chi connectivity index (χ0) is 18.8. The van der Waals surface area contributed by atoms with Gasteiger partial charge >= 0.3 is 5.97 Å². The van der Waals surface area contributed by atoms with Gasteiger partial charge in [-0.15, -0.1) is 0 Å². The molecule has 0 aliphatic rings. The second-order valence-electron chi connectivity index (χ2n) is 6.82. The van der Waals surface area contributed by atoms with E-state index in [1.807, 2.05) is 4.90 Å². The summed E-state index contributed by atoms with van der Waals surface area (Å²) in [6, 6.07) is 0. The lowest BCUT2D eigenvalue weighted by Crippen LogP contribution is -2.32. The molecule has 0 spiro atoms. The van der Waals surface area contributed by atoms with Crippen molar-refractivity contribution in [2.45, 2.75) is 90.9 Å². The van der Waals surface area contributed by atoms with Crippen LogP contribution in [0, 0.1) is 0 Å². The Morgan fingerprint density at radius 2 is 1.36 bits per heavy atom. The Kier molecular flexibility index (Phi) is 17.8. The van der Waals surface area contributed by atoms with Gasteiger partial charge in [0.05, 0.1) is 6.54 Å². The van der Waals surface area contributed by atoms with Gasteiger partial charge in [-0.1, -0.05) is 77.0 Å². The molecule has 0 fully saturated rings. The van der Waals surface area contributed by atoms with Gasteiger partial charge in [0, 0.05) is 12.2 Å². The van der Waals surface area contributed by atoms with Crippen LogP contribution in [-0.4, -0.2) is 46.5 Å². The molecule has 5 heteroatoms. The second-order valence-corrected chi connectivity index (χ2v) is 7.97. The fourth-order valence-electron chi connectivity index (χ4n) is 2.81. The molecular formula is C20H39NO3S. The third-order valence-corrected chi connectivity index (χ3v) is 5.32. The van der Waals surface area contributed by atoms with Crippen LogP contribution >= 0.6 is 11.8 Å². The predicted octanol–water partition coefficient (Wildman–Crippen LogP) is 5.35. The number of nitrogens with zero attached hydrogens (tertiary/aromatic N) is 1. The molecule has 0 aromatic heterocycles. The summed E-state index contributed by atoms with van der Waals surface area (Å²) in [5.41, 5.74) is 0. The van der Waals surface area contributed by atoms with E-state index in [4.69, 9.17) is 5.11 Å². The van der Waals surface area contributed by atoms with Crippen LogP contribution in [0.25, 0.3) is 0 Å². The number of carboxylic acid groups (broad SMARTS) is 1. The number of carbonyl (C=O) groups is 2. The maximum atomic E-state index is 11.8. The van der Waals surface area contributed by atoms with Gasteiger partial charge in [0.1, 0.15) is 0 Å². The van der Waals surface area contributed by atoms with Crippen molar-refractivity contribution < 1.29 is 14.7 Å². The van der Waals surface area contributed by atoms with E-state index in [0.717, 1.165) is 31.6 Å². The summed E-state index contributed by atoms with van der Waals surface area (Å²) in [6.07, 6.45) is 13.5. The van der Waals surface area contributed by atoms with E-state index in [0.29, 0.717) is 13.0 Å². The average Bonchev–Trinajstić information content (AvgIpc) is 2.57. The molecule has 0 bridgehead atoms. The molecular weight excluding hydrogens is 334 g/mol. The molecule has 4 nitrogen and oxygen atoms in total. The highest BCUT2D eigenvalue weighted by molar-refractivity contribution is 8.13. The average molecular weight is 374 g/mol. The first-order chi connectivity index (χ1) is 12.1. The molecule has 0 saturated heterocycles. The van der Waals surface area contributed by atoms with Crippen molar-refractivity contribution in [1.82, 2.24) is 4.90 Å². The molecule has 1 N–H and O–H groups in total.